The zero-order valence-corrected chi connectivity index (χ0v) is 14.1. The van der Waals surface area contributed by atoms with Gasteiger partial charge in [0.15, 0.2) is 11.6 Å². The van der Waals surface area contributed by atoms with Gasteiger partial charge in [0, 0.05) is 30.5 Å². The number of halogens is 1. The second-order valence-electron chi connectivity index (χ2n) is 6.72. The number of imidazole rings is 1. The van der Waals surface area contributed by atoms with E-state index in [1.54, 1.807) is 17.4 Å². The predicted octanol–water partition coefficient (Wildman–Crippen LogP) is 1.31. The maximum Gasteiger partial charge on any atom is 0.254 e. The highest BCUT2D eigenvalue weighted by molar-refractivity contribution is 5.95. The van der Waals surface area contributed by atoms with Crippen LogP contribution >= 0.6 is 0 Å². The monoisotopic (exact) mass is 358 g/mol. The van der Waals surface area contributed by atoms with Gasteiger partial charge in [-0.05, 0) is 31.0 Å². The van der Waals surface area contributed by atoms with Crippen molar-refractivity contribution in [1.82, 2.24) is 19.8 Å². The summed E-state index contributed by atoms with van der Waals surface area (Å²) >= 11 is 0. The number of nitrogens with one attached hydrogen (secondary N) is 1. The van der Waals surface area contributed by atoms with Gasteiger partial charge in [0.25, 0.3) is 5.91 Å². The van der Waals surface area contributed by atoms with E-state index in [4.69, 9.17) is 0 Å². The number of fused-ring (bicyclic) bond motifs is 1. The topological polar surface area (TPSA) is 89.5 Å². The van der Waals surface area contributed by atoms with Gasteiger partial charge in [0.2, 0.25) is 5.91 Å². The molecule has 2 amide bonds. The number of likely N-dealkylation sites (tertiary alicyclic amines) is 2. The quantitative estimate of drug-likeness (QED) is 0.866. The van der Waals surface area contributed by atoms with Gasteiger partial charge >= 0.3 is 0 Å². The molecule has 0 spiro atoms. The maximum absolute atomic E-state index is 13.6. The van der Waals surface area contributed by atoms with Crippen LogP contribution in [0.4, 0.5) is 4.39 Å². The highest BCUT2D eigenvalue weighted by atomic mass is 19.1. The smallest absolute Gasteiger partial charge is 0.254 e. The number of phenols is 1. The van der Waals surface area contributed by atoms with Crippen LogP contribution in [0.2, 0.25) is 0 Å². The van der Waals surface area contributed by atoms with Crippen LogP contribution in [-0.2, 0) is 11.2 Å². The summed E-state index contributed by atoms with van der Waals surface area (Å²) in [5.74, 6) is -1.53. The number of rotatable bonds is 3. The number of aromatic hydroxyl groups is 1. The number of hydrogen-bond acceptors (Lipinski definition) is 4. The minimum Gasteiger partial charge on any atom is -0.505 e. The Balaban J connectivity index is 1.46. The molecule has 1 aromatic carbocycles. The molecule has 26 heavy (non-hydrogen) atoms. The van der Waals surface area contributed by atoms with Crippen LogP contribution in [0.3, 0.4) is 0 Å². The van der Waals surface area contributed by atoms with E-state index in [0.717, 1.165) is 11.8 Å². The molecule has 0 unspecified atom stereocenters. The highest BCUT2D eigenvalue weighted by Gasteiger charge is 2.46. The summed E-state index contributed by atoms with van der Waals surface area (Å²) in [6.07, 6.45) is 4.87. The Morgan fingerprint density at radius 1 is 1.23 bits per heavy atom. The first-order valence-corrected chi connectivity index (χ1v) is 8.61. The molecule has 0 saturated carbocycles. The fraction of sp³-hybridized carbons (Fsp3) is 0.389. The van der Waals surface area contributed by atoms with E-state index < -0.39 is 11.6 Å². The third-order valence-corrected chi connectivity index (χ3v) is 5.25. The number of H-pyrrole nitrogens is 1. The molecule has 2 aliphatic heterocycles. The summed E-state index contributed by atoms with van der Waals surface area (Å²) in [5, 5.41) is 9.29. The van der Waals surface area contributed by atoms with Crippen LogP contribution in [0.1, 0.15) is 28.9 Å². The summed E-state index contributed by atoms with van der Waals surface area (Å²) in [5.41, 5.74) is 0.979. The van der Waals surface area contributed by atoms with E-state index in [2.05, 4.69) is 9.97 Å². The summed E-state index contributed by atoms with van der Waals surface area (Å²) in [6.45, 7) is 1.14. The van der Waals surface area contributed by atoms with Gasteiger partial charge in [-0.1, -0.05) is 0 Å². The minimum atomic E-state index is -0.811. The first-order valence-electron chi connectivity index (χ1n) is 8.61. The van der Waals surface area contributed by atoms with E-state index in [9.17, 15) is 19.1 Å². The molecule has 7 nitrogen and oxygen atoms in total. The number of phenolic OH excluding ortho intramolecular Hbond substituents is 1. The number of carbonyl (C=O) groups excluding carboxylic acids is 2. The second-order valence-corrected chi connectivity index (χ2v) is 6.72. The largest absolute Gasteiger partial charge is 0.505 e. The third-order valence-electron chi connectivity index (χ3n) is 5.25. The average molecular weight is 358 g/mol. The van der Waals surface area contributed by atoms with Gasteiger partial charge < -0.3 is 19.9 Å². The lowest BCUT2D eigenvalue weighted by Gasteiger charge is -2.25. The molecule has 0 radical (unpaired) electrons. The van der Waals surface area contributed by atoms with Crippen molar-refractivity contribution in [2.45, 2.75) is 31.3 Å². The Bertz CT molecular complexity index is 839. The molecule has 3 heterocycles. The number of benzene rings is 1. The van der Waals surface area contributed by atoms with Gasteiger partial charge in [-0.15, -0.1) is 0 Å². The molecule has 8 heteroatoms. The molecule has 1 aromatic heterocycles. The molecule has 2 saturated heterocycles. The van der Waals surface area contributed by atoms with Crippen LogP contribution < -0.4 is 0 Å². The van der Waals surface area contributed by atoms with Gasteiger partial charge in [0.1, 0.15) is 0 Å². The van der Waals surface area contributed by atoms with E-state index in [1.807, 2.05) is 4.90 Å². The Morgan fingerprint density at radius 3 is 2.65 bits per heavy atom. The summed E-state index contributed by atoms with van der Waals surface area (Å²) in [7, 11) is 0. The van der Waals surface area contributed by atoms with E-state index in [1.165, 1.54) is 12.1 Å². The number of nitrogens with zero attached hydrogens (tertiary/aromatic N) is 3. The molecule has 2 N–H and O–H groups in total. The average Bonchev–Trinajstić information content (AvgIpc) is 3.33. The normalized spacial score (nSPS) is 21.9. The fourth-order valence-corrected chi connectivity index (χ4v) is 4.00. The van der Waals surface area contributed by atoms with Crippen LogP contribution in [0.25, 0.3) is 0 Å². The SMILES string of the molecule is O=C(Cc1cnc[nH]1)N1CC[C@H]2[C@H]1CCN2C(=O)c1ccc(O)c(F)c1. The second kappa shape index (κ2) is 6.44. The zero-order valence-electron chi connectivity index (χ0n) is 14.1. The Hall–Kier alpha value is -2.90. The summed E-state index contributed by atoms with van der Waals surface area (Å²) in [4.78, 5) is 35.7. The zero-order chi connectivity index (χ0) is 18.3. The molecule has 0 bridgehead atoms. The number of hydrogen-bond donors (Lipinski definition) is 2. The van der Waals surface area contributed by atoms with E-state index >= 15 is 0 Å². The molecule has 2 aliphatic rings. The standard InChI is InChI=1S/C18H19FN4O3/c19-13-7-11(1-2-16(13)24)18(26)23-6-4-14-15(23)3-5-22(14)17(25)8-12-9-20-10-21-12/h1-2,7,9-10,14-15,24H,3-6,8H2,(H,20,21)/t14-,15+/m1/s1. The van der Waals surface area contributed by atoms with Crippen LogP contribution in [0, 0.1) is 5.82 Å². The molecule has 4 rings (SSSR count). The van der Waals surface area contributed by atoms with E-state index in [-0.39, 0.29) is 35.9 Å². The predicted molar refractivity (Wildman–Crippen MR) is 89.9 cm³/mol. The van der Waals surface area contributed by atoms with Crippen molar-refractivity contribution in [2.24, 2.45) is 0 Å². The Kier molecular flexibility index (Phi) is 4.10. The first-order chi connectivity index (χ1) is 12.5. The number of aromatic nitrogens is 2. The van der Waals surface area contributed by atoms with Gasteiger partial charge in [-0.3, -0.25) is 9.59 Å². The van der Waals surface area contributed by atoms with Crippen molar-refractivity contribution in [3.8, 4) is 5.75 Å². The lowest BCUT2D eigenvalue weighted by molar-refractivity contribution is -0.131. The number of carbonyl (C=O) groups is 2. The first kappa shape index (κ1) is 16.6. The summed E-state index contributed by atoms with van der Waals surface area (Å²) < 4.78 is 13.6. The van der Waals surface area contributed by atoms with Gasteiger partial charge in [-0.2, -0.15) is 0 Å². The minimum absolute atomic E-state index is 0.00340. The molecular weight excluding hydrogens is 339 g/mol. The number of aromatic amines is 1. The lowest BCUT2D eigenvalue weighted by atomic mass is 10.1. The Labute approximate surface area is 149 Å². The Morgan fingerprint density at radius 2 is 1.96 bits per heavy atom. The van der Waals surface area contributed by atoms with Gasteiger partial charge in [-0.25, -0.2) is 9.37 Å². The number of amides is 2. The lowest BCUT2D eigenvalue weighted by Crippen LogP contribution is -2.42. The molecule has 0 aliphatic carbocycles. The van der Waals surface area contributed by atoms with Crippen molar-refractivity contribution in [2.75, 3.05) is 13.1 Å². The maximum atomic E-state index is 13.6. The van der Waals surface area contributed by atoms with Crippen molar-refractivity contribution in [3.05, 3.63) is 47.8 Å². The van der Waals surface area contributed by atoms with E-state index in [0.29, 0.717) is 25.9 Å². The van der Waals surface area contributed by atoms with Crippen LogP contribution in [0.15, 0.2) is 30.7 Å². The molecular formula is C18H19FN4O3. The molecule has 136 valence electrons. The van der Waals surface area contributed by atoms with Crippen LogP contribution in [0.5, 0.6) is 5.75 Å². The fourth-order valence-electron chi connectivity index (χ4n) is 4.00. The van der Waals surface area contributed by atoms with Crippen molar-refractivity contribution in [3.63, 3.8) is 0 Å². The van der Waals surface area contributed by atoms with Crippen molar-refractivity contribution >= 4 is 11.8 Å². The molecule has 2 fully saturated rings. The summed E-state index contributed by atoms with van der Waals surface area (Å²) in [6, 6.07) is 3.61. The molecule has 2 atom stereocenters. The van der Waals surface area contributed by atoms with Crippen LogP contribution in [-0.4, -0.2) is 61.9 Å². The highest BCUT2D eigenvalue weighted by Crippen LogP contribution is 2.33. The third kappa shape index (κ3) is 2.81. The van der Waals surface area contributed by atoms with Crippen molar-refractivity contribution < 1.29 is 19.1 Å². The molecule has 2 aromatic rings. The van der Waals surface area contributed by atoms with Crippen molar-refractivity contribution in [1.29, 1.82) is 0 Å². The van der Waals surface area contributed by atoms with Gasteiger partial charge in [0.05, 0.1) is 24.8 Å².